The molecule has 1 atom stereocenters. The standard InChI is InChI=1S/C14H16N2O3S2/c17-14-6-5-10(7-8-15-14)16-21(18,19)13-9-20-12-4-2-1-3-11(12)13/h1-4,9-10,16H,5-8H2,(H,15,17). The van der Waals surface area contributed by atoms with Crippen LogP contribution in [0.25, 0.3) is 10.1 Å². The highest BCUT2D eigenvalue weighted by Gasteiger charge is 2.24. The number of nitrogens with one attached hydrogen (secondary N) is 2. The van der Waals surface area contributed by atoms with Crippen LogP contribution < -0.4 is 10.0 Å². The fourth-order valence-corrected chi connectivity index (χ4v) is 5.29. The highest BCUT2D eigenvalue weighted by molar-refractivity contribution is 7.90. The Morgan fingerprint density at radius 3 is 2.90 bits per heavy atom. The number of benzene rings is 1. The first-order valence-electron chi connectivity index (χ1n) is 6.81. The quantitative estimate of drug-likeness (QED) is 0.905. The van der Waals surface area contributed by atoms with Gasteiger partial charge in [-0.15, -0.1) is 11.3 Å². The van der Waals surface area contributed by atoms with E-state index >= 15 is 0 Å². The molecule has 1 aliphatic rings. The molecule has 0 bridgehead atoms. The number of amides is 1. The molecule has 1 unspecified atom stereocenters. The normalized spacial score (nSPS) is 20.2. The van der Waals surface area contributed by atoms with Gasteiger partial charge in [0.25, 0.3) is 0 Å². The molecule has 2 aromatic rings. The minimum atomic E-state index is -3.56. The van der Waals surface area contributed by atoms with E-state index in [-0.39, 0.29) is 11.9 Å². The van der Waals surface area contributed by atoms with Crippen molar-refractivity contribution in [2.24, 2.45) is 0 Å². The van der Waals surface area contributed by atoms with Gasteiger partial charge in [-0.25, -0.2) is 13.1 Å². The molecule has 0 radical (unpaired) electrons. The minimum Gasteiger partial charge on any atom is -0.356 e. The first-order valence-corrected chi connectivity index (χ1v) is 9.18. The minimum absolute atomic E-state index is 0.0160. The van der Waals surface area contributed by atoms with Gasteiger partial charge in [0.15, 0.2) is 0 Å². The van der Waals surface area contributed by atoms with E-state index < -0.39 is 10.0 Å². The third-order valence-electron chi connectivity index (χ3n) is 3.59. The number of rotatable bonds is 3. The summed E-state index contributed by atoms with van der Waals surface area (Å²) < 4.78 is 28.8. The van der Waals surface area contributed by atoms with E-state index in [0.29, 0.717) is 30.7 Å². The van der Waals surface area contributed by atoms with E-state index in [4.69, 9.17) is 0 Å². The van der Waals surface area contributed by atoms with E-state index in [9.17, 15) is 13.2 Å². The molecule has 1 aliphatic heterocycles. The van der Waals surface area contributed by atoms with Crippen molar-refractivity contribution in [1.29, 1.82) is 0 Å². The van der Waals surface area contributed by atoms with Crippen LogP contribution in [0.1, 0.15) is 19.3 Å². The number of carbonyl (C=O) groups excluding carboxylic acids is 1. The maximum atomic E-state index is 12.6. The number of fused-ring (bicyclic) bond motifs is 1. The van der Waals surface area contributed by atoms with Crippen LogP contribution in [0.5, 0.6) is 0 Å². The first-order chi connectivity index (χ1) is 10.1. The molecule has 0 spiro atoms. The molecule has 112 valence electrons. The van der Waals surface area contributed by atoms with Gasteiger partial charge in [0.1, 0.15) is 4.90 Å². The summed E-state index contributed by atoms with van der Waals surface area (Å²) in [5.74, 6) is -0.0160. The zero-order valence-electron chi connectivity index (χ0n) is 11.3. The van der Waals surface area contributed by atoms with Gasteiger partial charge in [-0.3, -0.25) is 4.79 Å². The lowest BCUT2D eigenvalue weighted by molar-refractivity contribution is -0.120. The second-order valence-corrected chi connectivity index (χ2v) is 7.69. The summed E-state index contributed by atoms with van der Waals surface area (Å²) in [6.07, 6.45) is 1.51. The van der Waals surface area contributed by atoms with Gasteiger partial charge in [-0.05, 0) is 18.9 Å². The maximum absolute atomic E-state index is 12.6. The summed E-state index contributed by atoms with van der Waals surface area (Å²) in [5.41, 5.74) is 0. The molecule has 21 heavy (non-hydrogen) atoms. The molecule has 1 fully saturated rings. The molecule has 3 rings (SSSR count). The van der Waals surface area contributed by atoms with Gasteiger partial charge in [0, 0.05) is 34.5 Å². The van der Waals surface area contributed by atoms with Crippen LogP contribution in [-0.2, 0) is 14.8 Å². The highest BCUT2D eigenvalue weighted by Crippen LogP contribution is 2.29. The van der Waals surface area contributed by atoms with Gasteiger partial charge in [0.05, 0.1) is 0 Å². The van der Waals surface area contributed by atoms with E-state index in [1.165, 1.54) is 11.3 Å². The van der Waals surface area contributed by atoms with Crippen molar-refractivity contribution < 1.29 is 13.2 Å². The van der Waals surface area contributed by atoms with Crippen LogP contribution >= 0.6 is 11.3 Å². The van der Waals surface area contributed by atoms with Gasteiger partial charge in [0.2, 0.25) is 15.9 Å². The number of thiophene rings is 1. The van der Waals surface area contributed by atoms with E-state index in [0.717, 1.165) is 10.1 Å². The maximum Gasteiger partial charge on any atom is 0.242 e. The smallest absolute Gasteiger partial charge is 0.242 e. The van der Waals surface area contributed by atoms with Crippen LogP contribution in [0.2, 0.25) is 0 Å². The second kappa shape index (κ2) is 5.75. The first kappa shape index (κ1) is 14.5. The molecular weight excluding hydrogens is 308 g/mol. The molecule has 1 aromatic heterocycles. The lowest BCUT2D eigenvalue weighted by atomic mass is 10.1. The molecule has 2 N–H and O–H groups in total. The van der Waals surface area contributed by atoms with Crippen molar-refractivity contribution in [3.8, 4) is 0 Å². The Morgan fingerprint density at radius 1 is 1.24 bits per heavy atom. The summed E-state index contributed by atoms with van der Waals surface area (Å²) in [4.78, 5) is 11.6. The van der Waals surface area contributed by atoms with Crippen molar-refractivity contribution in [2.75, 3.05) is 6.54 Å². The van der Waals surface area contributed by atoms with Crippen LogP contribution in [0, 0.1) is 0 Å². The molecule has 5 nitrogen and oxygen atoms in total. The van der Waals surface area contributed by atoms with Crippen LogP contribution in [0.3, 0.4) is 0 Å². The Bertz CT molecular complexity index is 767. The fraction of sp³-hybridized carbons (Fsp3) is 0.357. The van der Waals surface area contributed by atoms with Gasteiger partial charge < -0.3 is 5.32 Å². The summed E-state index contributed by atoms with van der Waals surface area (Å²) in [6, 6.07) is 7.26. The van der Waals surface area contributed by atoms with Crippen LogP contribution in [0.4, 0.5) is 0 Å². The predicted molar refractivity (Wildman–Crippen MR) is 82.8 cm³/mol. The topological polar surface area (TPSA) is 75.3 Å². The van der Waals surface area contributed by atoms with E-state index in [1.54, 1.807) is 5.38 Å². The molecule has 7 heteroatoms. The SMILES string of the molecule is O=C1CCC(NS(=O)(=O)c2csc3ccccc23)CCN1. The monoisotopic (exact) mass is 324 g/mol. The molecule has 0 aliphatic carbocycles. The average molecular weight is 324 g/mol. The van der Waals surface area contributed by atoms with Crippen LogP contribution in [0.15, 0.2) is 34.5 Å². The lowest BCUT2D eigenvalue weighted by Crippen LogP contribution is -2.35. The highest BCUT2D eigenvalue weighted by atomic mass is 32.2. The predicted octanol–water partition coefficient (Wildman–Crippen LogP) is 1.85. The third kappa shape index (κ3) is 3.09. The number of carbonyl (C=O) groups is 1. The third-order valence-corrected chi connectivity index (χ3v) is 6.26. The lowest BCUT2D eigenvalue weighted by Gasteiger charge is -2.15. The summed E-state index contributed by atoms with van der Waals surface area (Å²) in [7, 11) is -3.56. The molecule has 0 saturated carbocycles. The summed E-state index contributed by atoms with van der Waals surface area (Å²) in [6.45, 7) is 0.510. The Hall–Kier alpha value is -1.44. The van der Waals surface area contributed by atoms with Gasteiger partial charge in [-0.1, -0.05) is 18.2 Å². The number of sulfonamides is 1. The Kier molecular flexibility index (Phi) is 3.97. The Labute approximate surface area is 127 Å². The van der Waals surface area contributed by atoms with Gasteiger partial charge in [-0.2, -0.15) is 0 Å². The van der Waals surface area contributed by atoms with Gasteiger partial charge >= 0.3 is 0 Å². The zero-order valence-corrected chi connectivity index (χ0v) is 13.0. The van der Waals surface area contributed by atoms with Crippen molar-refractivity contribution in [2.45, 2.75) is 30.2 Å². The summed E-state index contributed by atoms with van der Waals surface area (Å²) >= 11 is 1.42. The van der Waals surface area contributed by atoms with Crippen molar-refractivity contribution >= 4 is 37.4 Å². The Morgan fingerprint density at radius 2 is 2.05 bits per heavy atom. The van der Waals surface area contributed by atoms with Crippen molar-refractivity contribution in [3.63, 3.8) is 0 Å². The van der Waals surface area contributed by atoms with Crippen molar-refractivity contribution in [1.82, 2.24) is 10.0 Å². The van der Waals surface area contributed by atoms with E-state index in [1.807, 2.05) is 24.3 Å². The van der Waals surface area contributed by atoms with E-state index in [2.05, 4.69) is 10.0 Å². The van der Waals surface area contributed by atoms with Crippen LogP contribution in [-0.4, -0.2) is 26.9 Å². The molecule has 1 amide bonds. The molecular formula is C14H16N2O3S2. The largest absolute Gasteiger partial charge is 0.356 e. The number of hydrogen-bond acceptors (Lipinski definition) is 4. The molecule has 1 saturated heterocycles. The average Bonchev–Trinajstić information content (AvgIpc) is 2.79. The zero-order chi connectivity index (χ0) is 14.9. The Balaban J connectivity index is 1.85. The summed E-state index contributed by atoms with van der Waals surface area (Å²) in [5, 5.41) is 5.17. The fourth-order valence-electron chi connectivity index (χ4n) is 2.49. The number of hydrogen-bond donors (Lipinski definition) is 2. The molecule has 1 aromatic carbocycles. The van der Waals surface area contributed by atoms with Crippen molar-refractivity contribution in [3.05, 3.63) is 29.6 Å². The molecule has 2 heterocycles. The second-order valence-electron chi connectivity index (χ2n) is 5.09.